The Bertz CT molecular complexity index is 646. The second kappa shape index (κ2) is 5.03. The van der Waals surface area contributed by atoms with Crippen molar-refractivity contribution in [2.45, 2.75) is 6.42 Å². The summed E-state index contributed by atoms with van der Waals surface area (Å²) in [5, 5.41) is 17.9. The lowest BCUT2D eigenvalue weighted by Gasteiger charge is -2.10. The number of nitrogens with zero attached hydrogens (tertiary/aromatic N) is 2. The summed E-state index contributed by atoms with van der Waals surface area (Å²) in [7, 11) is 0. The Hall–Kier alpha value is -2.78. The van der Waals surface area contributed by atoms with Gasteiger partial charge in [0.15, 0.2) is 0 Å². The average molecular weight is 233 g/mol. The molecule has 0 atom stereocenters. The minimum Gasteiger partial charge on any atom is -0.397 e. The molecule has 2 aromatic rings. The monoisotopic (exact) mass is 233 g/mol. The van der Waals surface area contributed by atoms with Gasteiger partial charge in [0, 0.05) is 5.56 Å². The first kappa shape index (κ1) is 11.7. The molecule has 0 saturated carbocycles. The standard InChI is InChI=1S/C15H11N3/c16-9-8-12-6-7-13(15(18)14(12)10-17)11-4-2-1-3-5-11/h1-7H,8,18H2. The van der Waals surface area contributed by atoms with Crippen molar-refractivity contribution in [1.82, 2.24) is 0 Å². The van der Waals surface area contributed by atoms with Crippen LogP contribution in [0.3, 0.4) is 0 Å². The van der Waals surface area contributed by atoms with Gasteiger partial charge in [-0.15, -0.1) is 0 Å². The number of anilines is 1. The van der Waals surface area contributed by atoms with Crippen LogP contribution in [0.5, 0.6) is 0 Å². The van der Waals surface area contributed by atoms with Crippen LogP contribution < -0.4 is 5.73 Å². The van der Waals surface area contributed by atoms with E-state index < -0.39 is 0 Å². The quantitative estimate of drug-likeness (QED) is 0.810. The Kier molecular flexibility index (Phi) is 3.27. The largest absolute Gasteiger partial charge is 0.397 e. The summed E-state index contributed by atoms with van der Waals surface area (Å²) in [5.41, 5.74) is 9.34. The van der Waals surface area contributed by atoms with Gasteiger partial charge in [-0.2, -0.15) is 10.5 Å². The number of benzene rings is 2. The van der Waals surface area contributed by atoms with Crippen molar-refractivity contribution < 1.29 is 0 Å². The van der Waals surface area contributed by atoms with Crippen LogP contribution in [0, 0.1) is 22.7 Å². The molecule has 0 spiro atoms. The molecule has 18 heavy (non-hydrogen) atoms. The maximum Gasteiger partial charge on any atom is 0.102 e. The van der Waals surface area contributed by atoms with E-state index in [2.05, 4.69) is 6.07 Å². The van der Waals surface area contributed by atoms with Crippen molar-refractivity contribution in [2.24, 2.45) is 0 Å². The summed E-state index contributed by atoms with van der Waals surface area (Å²) in [6.45, 7) is 0. The Labute approximate surface area is 106 Å². The molecule has 3 nitrogen and oxygen atoms in total. The molecule has 2 aromatic carbocycles. The van der Waals surface area contributed by atoms with E-state index in [-0.39, 0.29) is 6.42 Å². The predicted molar refractivity (Wildman–Crippen MR) is 70.3 cm³/mol. The van der Waals surface area contributed by atoms with Gasteiger partial charge in [-0.3, -0.25) is 0 Å². The molecule has 0 bridgehead atoms. The second-order valence-electron chi connectivity index (χ2n) is 3.87. The van der Waals surface area contributed by atoms with Gasteiger partial charge in [0.2, 0.25) is 0 Å². The summed E-state index contributed by atoms with van der Waals surface area (Å²) >= 11 is 0. The van der Waals surface area contributed by atoms with E-state index in [1.807, 2.05) is 42.5 Å². The highest BCUT2D eigenvalue weighted by atomic mass is 14.6. The Balaban J connectivity index is 2.60. The lowest BCUT2D eigenvalue weighted by atomic mass is 9.96. The number of hydrogen-bond donors (Lipinski definition) is 1. The third-order valence-corrected chi connectivity index (χ3v) is 2.80. The Morgan fingerprint density at radius 2 is 1.72 bits per heavy atom. The van der Waals surface area contributed by atoms with Crippen LogP contribution in [0.2, 0.25) is 0 Å². The van der Waals surface area contributed by atoms with Crippen LogP contribution in [0.15, 0.2) is 42.5 Å². The maximum absolute atomic E-state index is 9.16. The smallest absolute Gasteiger partial charge is 0.102 e. The molecule has 2 rings (SSSR count). The molecule has 86 valence electrons. The lowest BCUT2D eigenvalue weighted by molar-refractivity contribution is 1.24. The molecule has 0 aliphatic carbocycles. The maximum atomic E-state index is 9.16. The highest BCUT2D eigenvalue weighted by Gasteiger charge is 2.11. The highest BCUT2D eigenvalue weighted by Crippen LogP contribution is 2.30. The van der Waals surface area contributed by atoms with E-state index in [0.29, 0.717) is 16.8 Å². The third kappa shape index (κ3) is 2.03. The first-order valence-electron chi connectivity index (χ1n) is 5.51. The molecule has 0 unspecified atom stereocenters. The molecule has 0 radical (unpaired) electrons. The molecular formula is C15H11N3. The zero-order valence-corrected chi connectivity index (χ0v) is 9.72. The molecule has 0 saturated heterocycles. The first-order chi connectivity index (χ1) is 8.77. The van der Waals surface area contributed by atoms with Crippen LogP contribution in [-0.2, 0) is 6.42 Å². The van der Waals surface area contributed by atoms with Crippen molar-refractivity contribution in [1.29, 1.82) is 10.5 Å². The molecule has 0 aromatic heterocycles. The molecular weight excluding hydrogens is 222 g/mol. The normalized spacial score (nSPS) is 9.44. The summed E-state index contributed by atoms with van der Waals surface area (Å²) in [6, 6.07) is 17.4. The predicted octanol–water partition coefficient (Wildman–Crippen LogP) is 2.87. The van der Waals surface area contributed by atoms with Crippen molar-refractivity contribution in [3.8, 4) is 23.3 Å². The number of nitriles is 2. The van der Waals surface area contributed by atoms with Gasteiger partial charge in [-0.1, -0.05) is 42.5 Å². The Morgan fingerprint density at radius 3 is 2.33 bits per heavy atom. The van der Waals surface area contributed by atoms with Crippen LogP contribution in [0.4, 0.5) is 5.69 Å². The van der Waals surface area contributed by atoms with Crippen LogP contribution in [-0.4, -0.2) is 0 Å². The Morgan fingerprint density at radius 1 is 1.00 bits per heavy atom. The van der Waals surface area contributed by atoms with Gasteiger partial charge in [-0.25, -0.2) is 0 Å². The van der Waals surface area contributed by atoms with E-state index in [1.54, 1.807) is 6.07 Å². The number of nitrogen functional groups attached to an aromatic ring is 1. The fourth-order valence-corrected chi connectivity index (χ4v) is 1.90. The average Bonchev–Trinajstić information content (AvgIpc) is 2.40. The second-order valence-corrected chi connectivity index (χ2v) is 3.87. The molecule has 0 aliphatic rings. The minimum atomic E-state index is 0.197. The minimum absolute atomic E-state index is 0.197. The summed E-state index contributed by atoms with van der Waals surface area (Å²) in [5.74, 6) is 0. The van der Waals surface area contributed by atoms with Crippen molar-refractivity contribution >= 4 is 5.69 Å². The molecule has 0 aliphatic heterocycles. The van der Waals surface area contributed by atoms with Crippen molar-refractivity contribution in [3.05, 3.63) is 53.6 Å². The first-order valence-corrected chi connectivity index (χ1v) is 5.51. The van der Waals surface area contributed by atoms with Crippen molar-refractivity contribution in [3.63, 3.8) is 0 Å². The van der Waals surface area contributed by atoms with E-state index in [0.717, 1.165) is 11.1 Å². The molecule has 0 heterocycles. The van der Waals surface area contributed by atoms with Crippen molar-refractivity contribution in [2.75, 3.05) is 5.73 Å². The SMILES string of the molecule is N#CCc1ccc(-c2ccccc2)c(N)c1C#N. The van der Waals surface area contributed by atoms with Gasteiger partial charge in [-0.05, 0) is 11.1 Å². The fourth-order valence-electron chi connectivity index (χ4n) is 1.90. The van der Waals surface area contributed by atoms with Crippen LogP contribution >= 0.6 is 0 Å². The summed E-state index contributed by atoms with van der Waals surface area (Å²) in [6.07, 6.45) is 0.197. The van der Waals surface area contributed by atoms with E-state index in [1.165, 1.54) is 0 Å². The fraction of sp³-hybridized carbons (Fsp3) is 0.0667. The van der Waals surface area contributed by atoms with Gasteiger partial charge in [0.05, 0.1) is 23.7 Å². The topological polar surface area (TPSA) is 73.6 Å². The molecule has 0 amide bonds. The third-order valence-electron chi connectivity index (χ3n) is 2.80. The van der Waals surface area contributed by atoms with Gasteiger partial charge in [0.25, 0.3) is 0 Å². The van der Waals surface area contributed by atoms with Crippen LogP contribution in [0.1, 0.15) is 11.1 Å². The van der Waals surface area contributed by atoms with Gasteiger partial charge >= 0.3 is 0 Å². The van der Waals surface area contributed by atoms with Crippen LogP contribution in [0.25, 0.3) is 11.1 Å². The van der Waals surface area contributed by atoms with E-state index in [4.69, 9.17) is 16.3 Å². The number of rotatable bonds is 2. The highest BCUT2D eigenvalue weighted by molar-refractivity contribution is 5.81. The van der Waals surface area contributed by atoms with E-state index >= 15 is 0 Å². The lowest BCUT2D eigenvalue weighted by Crippen LogP contribution is -1.99. The van der Waals surface area contributed by atoms with E-state index in [9.17, 15) is 0 Å². The molecule has 2 N–H and O–H groups in total. The molecule has 3 heteroatoms. The molecule has 0 fully saturated rings. The van der Waals surface area contributed by atoms with Gasteiger partial charge in [0.1, 0.15) is 6.07 Å². The van der Waals surface area contributed by atoms with Gasteiger partial charge < -0.3 is 5.73 Å². The summed E-state index contributed by atoms with van der Waals surface area (Å²) < 4.78 is 0. The number of nitrogens with two attached hydrogens (primary N) is 1. The summed E-state index contributed by atoms with van der Waals surface area (Å²) in [4.78, 5) is 0. The zero-order chi connectivity index (χ0) is 13.0. The number of hydrogen-bond acceptors (Lipinski definition) is 3. The zero-order valence-electron chi connectivity index (χ0n) is 9.72.